The van der Waals surface area contributed by atoms with Crippen molar-refractivity contribution >= 4 is 40.6 Å². The maximum absolute atomic E-state index is 14.3. The van der Waals surface area contributed by atoms with Crippen molar-refractivity contribution in [2.24, 2.45) is 5.73 Å². The SMILES string of the molecule is COc1ccc(C(C(=O)NC(C)(C)C)N(C(=O)c2snc(C(N)=O)c2N)c2cc(C)ccc2C)cc1OC. The number of nitrogens with one attached hydrogen (secondary N) is 1. The Morgan fingerprint density at radius 2 is 1.68 bits per heavy atom. The summed E-state index contributed by atoms with van der Waals surface area (Å²) in [7, 11) is 3.00. The minimum atomic E-state index is -1.15. The van der Waals surface area contributed by atoms with Crippen LogP contribution in [0.5, 0.6) is 11.5 Å². The summed E-state index contributed by atoms with van der Waals surface area (Å²) in [5.41, 5.74) is 13.2. The van der Waals surface area contributed by atoms with Gasteiger partial charge >= 0.3 is 0 Å². The van der Waals surface area contributed by atoms with Crippen molar-refractivity contribution in [3.8, 4) is 11.5 Å². The number of hydrogen-bond donors (Lipinski definition) is 3. The summed E-state index contributed by atoms with van der Waals surface area (Å²) in [6, 6.07) is 9.46. The molecular formula is C27H33N5O5S. The standard InChI is InChI=1S/C27H33N5O5S/c1-14-8-9-15(2)17(12-14)32(26(35)23-20(28)21(24(29)33)31-38-23)22(25(34)30-27(3,4)5)16-10-11-18(36-6)19(13-16)37-7/h8-13,22H,28H2,1-7H3,(H2,29,33)(H,30,34). The summed E-state index contributed by atoms with van der Waals surface area (Å²) in [5.74, 6) is -1.03. The van der Waals surface area contributed by atoms with E-state index in [2.05, 4.69) is 9.69 Å². The van der Waals surface area contributed by atoms with Gasteiger partial charge in [-0.3, -0.25) is 19.3 Å². The molecule has 0 aliphatic carbocycles. The molecule has 3 amide bonds. The van der Waals surface area contributed by atoms with E-state index in [0.717, 1.165) is 22.7 Å². The lowest BCUT2D eigenvalue weighted by atomic mass is 9.98. The molecule has 0 aliphatic heterocycles. The molecule has 5 N–H and O–H groups in total. The van der Waals surface area contributed by atoms with E-state index in [4.69, 9.17) is 20.9 Å². The van der Waals surface area contributed by atoms with Gasteiger partial charge in [0.15, 0.2) is 17.2 Å². The number of primary amides is 1. The highest BCUT2D eigenvalue weighted by atomic mass is 32.1. The Morgan fingerprint density at radius 1 is 1.03 bits per heavy atom. The highest BCUT2D eigenvalue weighted by Crippen LogP contribution is 2.38. The molecule has 0 saturated carbocycles. The predicted molar refractivity (Wildman–Crippen MR) is 148 cm³/mol. The van der Waals surface area contributed by atoms with Crippen LogP contribution >= 0.6 is 11.5 Å². The van der Waals surface area contributed by atoms with Crippen molar-refractivity contribution in [2.75, 3.05) is 24.9 Å². The molecule has 0 fully saturated rings. The molecule has 10 nitrogen and oxygen atoms in total. The molecule has 0 bridgehead atoms. The smallest absolute Gasteiger partial charge is 0.273 e. The van der Waals surface area contributed by atoms with Crippen molar-refractivity contribution in [1.82, 2.24) is 9.69 Å². The summed E-state index contributed by atoms with van der Waals surface area (Å²) in [6.45, 7) is 9.27. The van der Waals surface area contributed by atoms with Gasteiger partial charge in [0.2, 0.25) is 5.91 Å². The predicted octanol–water partition coefficient (Wildman–Crippen LogP) is 3.76. The van der Waals surface area contributed by atoms with Crippen molar-refractivity contribution in [2.45, 2.75) is 46.2 Å². The lowest BCUT2D eigenvalue weighted by Gasteiger charge is -2.34. The second-order valence-corrected chi connectivity index (χ2v) is 10.6. The Morgan fingerprint density at radius 3 is 2.24 bits per heavy atom. The van der Waals surface area contributed by atoms with Gasteiger partial charge in [0.1, 0.15) is 10.9 Å². The zero-order chi connectivity index (χ0) is 28.4. The van der Waals surface area contributed by atoms with Gasteiger partial charge in [0.05, 0.1) is 19.9 Å². The largest absolute Gasteiger partial charge is 0.493 e. The first kappa shape index (κ1) is 28.5. The average Bonchev–Trinajstić information content (AvgIpc) is 3.23. The average molecular weight is 540 g/mol. The van der Waals surface area contributed by atoms with Gasteiger partial charge < -0.3 is 26.3 Å². The fourth-order valence-corrected chi connectivity index (χ4v) is 4.70. The molecule has 2 aromatic carbocycles. The van der Waals surface area contributed by atoms with E-state index >= 15 is 0 Å². The first-order valence-corrected chi connectivity index (χ1v) is 12.6. The topological polar surface area (TPSA) is 150 Å². The molecule has 0 radical (unpaired) electrons. The minimum Gasteiger partial charge on any atom is -0.493 e. The van der Waals surface area contributed by atoms with E-state index < -0.39 is 29.3 Å². The summed E-state index contributed by atoms with van der Waals surface area (Å²) >= 11 is 0.753. The van der Waals surface area contributed by atoms with E-state index in [0.29, 0.717) is 22.7 Å². The monoisotopic (exact) mass is 539 g/mol. The zero-order valence-electron chi connectivity index (χ0n) is 22.5. The van der Waals surface area contributed by atoms with E-state index in [-0.39, 0.29) is 16.3 Å². The normalized spacial score (nSPS) is 12.0. The van der Waals surface area contributed by atoms with Crippen LogP contribution in [0.4, 0.5) is 11.4 Å². The Balaban J connectivity index is 2.34. The molecule has 38 heavy (non-hydrogen) atoms. The minimum absolute atomic E-state index is 0.00579. The molecule has 3 rings (SSSR count). The number of ether oxygens (including phenoxy) is 2. The molecule has 1 heterocycles. The molecule has 3 aromatic rings. The number of aromatic nitrogens is 1. The third-order valence-corrected chi connectivity index (χ3v) is 6.58. The Kier molecular flexibility index (Phi) is 8.31. The number of amides is 3. The fraction of sp³-hybridized carbons (Fsp3) is 0.333. The highest BCUT2D eigenvalue weighted by Gasteiger charge is 2.38. The number of aryl methyl sites for hydroxylation is 2. The molecule has 0 saturated heterocycles. The van der Waals surface area contributed by atoms with Gasteiger partial charge in [0, 0.05) is 11.2 Å². The fourth-order valence-electron chi connectivity index (χ4n) is 3.96. The van der Waals surface area contributed by atoms with Gasteiger partial charge in [-0.05, 0) is 81.0 Å². The number of carbonyl (C=O) groups excluding carboxylic acids is 3. The Labute approximate surface area is 226 Å². The van der Waals surface area contributed by atoms with E-state index in [1.165, 1.54) is 19.1 Å². The van der Waals surface area contributed by atoms with Gasteiger partial charge in [-0.2, -0.15) is 4.37 Å². The number of benzene rings is 2. The van der Waals surface area contributed by atoms with Crippen LogP contribution in [-0.4, -0.2) is 41.9 Å². The number of carbonyl (C=O) groups is 3. The molecule has 1 unspecified atom stereocenters. The number of rotatable bonds is 8. The number of nitrogens with zero attached hydrogens (tertiary/aromatic N) is 2. The van der Waals surface area contributed by atoms with Crippen LogP contribution in [0.3, 0.4) is 0 Å². The van der Waals surface area contributed by atoms with Gasteiger partial charge in [-0.15, -0.1) is 0 Å². The number of nitrogen functional groups attached to an aromatic ring is 1. The van der Waals surface area contributed by atoms with Crippen molar-refractivity contribution < 1.29 is 23.9 Å². The lowest BCUT2D eigenvalue weighted by Crippen LogP contribution is -2.49. The van der Waals surface area contributed by atoms with Crippen LogP contribution in [0.15, 0.2) is 36.4 Å². The summed E-state index contributed by atoms with van der Waals surface area (Å²) in [4.78, 5) is 41.4. The molecule has 202 valence electrons. The van der Waals surface area contributed by atoms with E-state index in [9.17, 15) is 14.4 Å². The maximum Gasteiger partial charge on any atom is 0.273 e. The van der Waals surface area contributed by atoms with Crippen LogP contribution in [0.2, 0.25) is 0 Å². The molecular weight excluding hydrogens is 506 g/mol. The van der Waals surface area contributed by atoms with Crippen molar-refractivity contribution in [3.63, 3.8) is 0 Å². The summed E-state index contributed by atoms with van der Waals surface area (Å²) in [5, 5.41) is 2.99. The molecule has 0 spiro atoms. The van der Waals surface area contributed by atoms with Gasteiger partial charge in [-0.1, -0.05) is 18.2 Å². The molecule has 1 aromatic heterocycles. The van der Waals surface area contributed by atoms with E-state index in [1.54, 1.807) is 18.2 Å². The molecule has 0 aliphatic rings. The zero-order valence-corrected chi connectivity index (χ0v) is 23.4. The second-order valence-electron chi connectivity index (χ2n) is 9.86. The first-order valence-electron chi connectivity index (χ1n) is 11.8. The van der Waals surface area contributed by atoms with Gasteiger partial charge in [-0.25, -0.2) is 0 Å². The quantitative estimate of drug-likeness (QED) is 0.394. The molecule has 1 atom stereocenters. The van der Waals surface area contributed by atoms with Crippen molar-refractivity contribution in [1.29, 1.82) is 0 Å². The second kappa shape index (κ2) is 11.1. The number of nitrogens with two attached hydrogens (primary N) is 2. The van der Waals surface area contributed by atoms with Crippen LogP contribution in [0, 0.1) is 13.8 Å². The van der Waals surface area contributed by atoms with Crippen molar-refractivity contribution in [3.05, 3.63) is 63.7 Å². The number of methoxy groups -OCH3 is 2. The maximum atomic E-state index is 14.3. The third kappa shape index (κ3) is 5.88. The van der Waals surface area contributed by atoms with Crippen LogP contribution in [0.1, 0.15) is 63.7 Å². The van der Waals surface area contributed by atoms with Gasteiger partial charge in [0.25, 0.3) is 11.8 Å². The summed E-state index contributed by atoms with van der Waals surface area (Å²) in [6.07, 6.45) is 0. The number of hydrogen-bond acceptors (Lipinski definition) is 8. The van der Waals surface area contributed by atoms with E-state index in [1.807, 2.05) is 52.8 Å². The number of anilines is 2. The summed E-state index contributed by atoms with van der Waals surface area (Å²) < 4.78 is 14.9. The van der Waals surface area contributed by atoms with Crippen LogP contribution in [-0.2, 0) is 4.79 Å². The lowest BCUT2D eigenvalue weighted by molar-refractivity contribution is -0.123. The highest BCUT2D eigenvalue weighted by molar-refractivity contribution is 7.09. The van der Waals surface area contributed by atoms with Crippen LogP contribution < -0.4 is 31.2 Å². The first-order chi connectivity index (χ1) is 17.8. The third-order valence-electron chi connectivity index (χ3n) is 5.73. The van der Waals surface area contributed by atoms with Crippen LogP contribution in [0.25, 0.3) is 0 Å². The molecule has 11 heteroatoms. The Hall–Kier alpha value is -4.12. The Bertz CT molecular complexity index is 1380.